The highest BCUT2D eigenvalue weighted by atomic mass is 19.4. The maximum atomic E-state index is 14.0. The van der Waals surface area contributed by atoms with Crippen molar-refractivity contribution < 1.29 is 26.7 Å². The summed E-state index contributed by atoms with van der Waals surface area (Å²) in [4.78, 5) is 17.1. The maximum absolute atomic E-state index is 14.0. The second-order valence-electron chi connectivity index (χ2n) is 10.5. The van der Waals surface area contributed by atoms with Gasteiger partial charge in [-0.05, 0) is 41.4 Å². The van der Waals surface area contributed by atoms with Crippen LogP contribution in [0.25, 0.3) is 0 Å². The van der Waals surface area contributed by atoms with Crippen LogP contribution in [0.15, 0.2) is 28.9 Å². The van der Waals surface area contributed by atoms with E-state index in [2.05, 4.69) is 36.2 Å². The molecule has 1 saturated heterocycles. The first-order chi connectivity index (χ1) is 15.8. The van der Waals surface area contributed by atoms with Crippen LogP contribution in [0.3, 0.4) is 0 Å². The molecule has 1 atom stereocenters. The SMILES string of the molecule is CC(C)(C)CN1CC2=CC(C1)NN=C2C(=O)N1CCC(c2ccc(F)c(F)c2C(F)(F)F)CC1. The lowest BCUT2D eigenvalue weighted by Crippen LogP contribution is -2.52. The molecule has 4 rings (SSSR count). The van der Waals surface area contributed by atoms with E-state index in [1.54, 1.807) is 4.90 Å². The Bertz CT molecular complexity index is 1020. The monoisotopic (exact) mass is 484 g/mol. The molecule has 5 nitrogen and oxygen atoms in total. The number of benzene rings is 1. The van der Waals surface area contributed by atoms with Crippen LogP contribution in [0.2, 0.25) is 0 Å². The lowest BCUT2D eigenvalue weighted by atomic mass is 9.85. The molecule has 3 heterocycles. The van der Waals surface area contributed by atoms with E-state index >= 15 is 0 Å². The highest BCUT2D eigenvalue weighted by Crippen LogP contribution is 2.41. The number of halogens is 5. The molecule has 3 aliphatic heterocycles. The Morgan fingerprint density at radius 3 is 2.44 bits per heavy atom. The molecule has 1 aromatic carbocycles. The summed E-state index contributed by atoms with van der Waals surface area (Å²) in [6.45, 7) is 9.16. The molecule has 1 fully saturated rings. The number of fused-ring (bicyclic) bond motifs is 1. The van der Waals surface area contributed by atoms with Crippen LogP contribution in [0.5, 0.6) is 0 Å². The summed E-state index contributed by atoms with van der Waals surface area (Å²) >= 11 is 0. The van der Waals surface area contributed by atoms with Crippen LogP contribution in [-0.4, -0.2) is 60.2 Å². The molecule has 3 aliphatic rings. The zero-order valence-electron chi connectivity index (χ0n) is 19.5. The third kappa shape index (κ3) is 5.11. The van der Waals surface area contributed by atoms with Crippen molar-refractivity contribution in [3.05, 3.63) is 46.5 Å². The number of amides is 1. The molecular weight excluding hydrogens is 455 g/mol. The minimum absolute atomic E-state index is 0.0301. The summed E-state index contributed by atoms with van der Waals surface area (Å²) in [5, 5.41) is 4.31. The molecular formula is C24H29F5N4O. The molecule has 186 valence electrons. The quantitative estimate of drug-likeness (QED) is 0.651. The van der Waals surface area contributed by atoms with Gasteiger partial charge in [-0.1, -0.05) is 32.9 Å². The molecule has 10 heteroatoms. The van der Waals surface area contributed by atoms with Crippen LogP contribution in [-0.2, 0) is 11.0 Å². The number of hydrogen-bond donors (Lipinski definition) is 1. The van der Waals surface area contributed by atoms with Crippen LogP contribution >= 0.6 is 0 Å². The summed E-state index contributed by atoms with van der Waals surface area (Å²) in [6, 6.07) is 1.77. The average Bonchev–Trinajstić information content (AvgIpc) is 2.73. The first-order valence-corrected chi connectivity index (χ1v) is 11.4. The van der Waals surface area contributed by atoms with Crippen molar-refractivity contribution in [2.75, 3.05) is 32.7 Å². The molecule has 0 aromatic heterocycles. The first kappa shape index (κ1) is 24.6. The summed E-state index contributed by atoms with van der Waals surface area (Å²) in [6.07, 6.45) is -2.54. The Balaban J connectivity index is 1.44. The number of hydrogen-bond acceptors (Lipinski definition) is 4. The van der Waals surface area contributed by atoms with Crippen LogP contribution in [0.1, 0.15) is 50.7 Å². The number of nitrogens with one attached hydrogen (secondary N) is 1. The predicted molar refractivity (Wildman–Crippen MR) is 118 cm³/mol. The minimum Gasteiger partial charge on any atom is -0.337 e. The van der Waals surface area contributed by atoms with E-state index in [1.807, 2.05) is 6.08 Å². The van der Waals surface area contributed by atoms with Crippen LogP contribution in [0.4, 0.5) is 22.0 Å². The van der Waals surface area contributed by atoms with E-state index in [0.717, 1.165) is 30.8 Å². The first-order valence-electron chi connectivity index (χ1n) is 11.4. The Morgan fingerprint density at radius 1 is 1.15 bits per heavy atom. The van der Waals surface area contributed by atoms with E-state index in [9.17, 15) is 26.7 Å². The molecule has 0 radical (unpaired) electrons. The highest BCUT2D eigenvalue weighted by molar-refractivity contribution is 6.45. The highest BCUT2D eigenvalue weighted by Gasteiger charge is 2.41. The summed E-state index contributed by atoms with van der Waals surface area (Å²) < 4.78 is 67.8. The number of alkyl halides is 3. The van der Waals surface area contributed by atoms with Gasteiger partial charge in [0, 0.05) is 32.7 Å². The third-order valence-electron chi connectivity index (χ3n) is 6.43. The number of likely N-dealkylation sites (tertiary alicyclic amines) is 1. The molecule has 2 bridgehead atoms. The van der Waals surface area contributed by atoms with E-state index < -0.39 is 29.3 Å². The van der Waals surface area contributed by atoms with Crippen molar-refractivity contribution in [3.63, 3.8) is 0 Å². The van der Waals surface area contributed by atoms with Gasteiger partial charge in [0.05, 0.1) is 11.6 Å². The topological polar surface area (TPSA) is 47.9 Å². The van der Waals surface area contributed by atoms with Gasteiger partial charge in [-0.25, -0.2) is 8.78 Å². The lowest BCUT2D eigenvalue weighted by molar-refractivity contribution is -0.141. The van der Waals surface area contributed by atoms with Gasteiger partial charge in [-0.3, -0.25) is 9.69 Å². The number of nitrogens with zero attached hydrogens (tertiary/aromatic N) is 3. The number of carbonyl (C=O) groups is 1. The Morgan fingerprint density at radius 2 is 1.82 bits per heavy atom. The fourth-order valence-corrected chi connectivity index (χ4v) is 5.10. The molecule has 34 heavy (non-hydrogen) atoms. The van der Waals surface area contributed by atoms with Gasteiger partial charge in [-0.2, -0.15) is 18.3 Å². The van der Waals surface area contributed by atoms with Crippen LogP contribution < -0.4 is 5.43 Å². The van der Waals surface area contributed by atoms with Crippen molar-refractivity contribution in [2.45, 2.75) is 51.7 Å². The maximum Gasteiger partial charge on any atom is 0.419 e. The molecule has 0 aliphatic carbocycles. The van der Waals surface area contributed by atoms with Crippen molar-refractivity contribution in [1.29, 1.82) is 0 Å². The van der Waals surface area contributed by atoms with Gasteiger partial charge in [0.15, 0.2) is 17.3 Å². The van der Waals surface area contributed by atoms with Gasteiger partial charge >= 0.3 is 6.18 Å². The zero-order chi connectivity index (χ0) is 24.8. The van der Waals surface area contributed by atoms with Crippen molar-refractivity contribution in [1.82, 2.24) is 15.2 Å². The summed E-state index contributed by atoms with van der Waals surface area (Å²) in [7, 11) is 0. The molecule has 0 spiro atoms. The normalized spacial score (nSPS) is 22.2. The van der Waals surface area contributed by atoms with E-state index in [-0.39, 0.29) is 48.9 Å². The second-order valence-corrected chi connectivity index (χ2v) is 10.5. The Labute approximate surface area is 195 Å². The van der Waals surface area contributed by atoms with Gasteiger partial charge < -0.3 is 10.3 Å². The molecule has 1 aromatic rings. The lowest BCUT2D eigenvalue weighted by Gasteiger charge is -2.39. The van der Waals surface area contributed by atoms with E-state index in [0.29, 0.717) is 12.3 Å². The second kappa shape index (κ2) is 8.94. The minimum atomic E-state index is -5.00. The average molecular weight is 485 g/mol. The number of piperidine rings is 1. The number of rotatable bonds is 3. The molecule has 0 saturated carbocycles. The fourth-order valence-electron chi connectivity index (χ4n) is 5.10. The van der Waals surface area contributed by atoms with E-state index in [1.165, 1.54) is 0 Å². The van der Waals surface area contributed by atoms with E-state index in [4.69, 9.17) is 0 Å². The van der Waals surface area contributed by atoms with Gasteiger partial charge in [-0.15, -0.1) is 0 Å². The molecule has 1 unspecified atom stereocenters. The van der Waals surface area contributed by atoms with Gasteiger partial charge in [0.25, 0.3) is 5.91 Å². The van der Waals surface area contributed by atoms with Gasteiger partial charge in [0.2, 0.25) is 0 Å². The summed E-state index contributed by atoms with van der Waals surface area (Å²) in [5.74, 6) is -4.28. The van der Waals surface area contributed by atoms with Crippen molar-refractivity contribution in [2.24, 2.45) is 10.5 Å². The molecule has 1 amide bonds. The van der Waals surface area contributed by atoms with Crippen molar-refractivity contribution in [3.8, 4) is 0 Å². The van der Waals surface area contributed by atoms with Gasteiger partial charge in [0.1, 0.15) is 0 Å². The Hall–Kier alpha value is -2.49. The predicted octanol–water partition coefficient (Wildman–Crippen LogP) is 4.31. The fraction of sp³-hybridized carbons (Fsp3) is 0.583. The molecule has 1 N–H and O–H groups in total. The third-order valence-corrected chi connectivity index (χ3v) is 6.43. The zero-order valence-corrected chi connectivity index (χ0v) is 19.5. The number of hydrazone groups is 1. The largest absolute Gasteiger partial charge is 0.419 e. The Kier molecular flexibility index (Phi) is 6.48. The van der Waals surface area contributed by atoms with Crippen molar-refractivity contribution >= 4 is 11.6 Å². The standard InChI is InChI=1S/C24H29F5N4O/c1-23(2,3)13-32-11-15-10-16(12-32)30-31-21(15)22(34)33-8-6-14(7-9-33)17-4-5-18(25)20(26)19(17)24(27,28)29/h4-5,10,14,16,30H,6-9,11-13H2,1-3H3. The van der Waals surface area contributed by atoms with Crippen LogP contribution in [0, 0.1) is 17.0 Å². The smallest absolute Gasteiger partial charge is 0.337 e. The summed E-state index contributed by atoms with van der Waals surface area (Å²) in [5.41, 5.74) is 2.51. The number of carbonyl (C=O) groups excluding carboxylic acids is 1.